The molecule has 0 saturated carbocycles. The molecule has 0 aliphatic carbocycles. The fourth-order valence-electron chi connectivity index (χ4n) is 3.39. The van der Waals surface area contributed by atoms with E-state index >= 15 is 0 Å². The van der Waals surface area contributed by atoms with Crippen LogP contribution < -0.4 is 15.6 Å². The normalized spacial score (nSPS) is 11.4. The Hall–Kier alpha value is -2.97. The topological polar surface area (TPSA) is 17.1 Å². The second-order valence-electron chi connectivity index (χ2n) is 6.14. The number of hydrogen-bond acceptors (Lipinski definition) is 1. The second-order valence-corrected chi connectivity index (χ2v) is 9.86. The van der Waals surface area contributed by atoms with Gasteiger partial charge in [-0.15, -0.1) is 6.58 Å². The van der Waals surface area contributed by atoms with Crippen LogP contribution in [0, 0.1) is 0 Å². The van der Waals surface area contributed by atoms with Crippen molar-refractivity contribution in [1.82, 2.24) is 0 Å². The van der Waals surface area contributed by atoms with Crippen molar-refractivity contribution in [1.29, 1.82) is 0 Å². The van der Waals surface area contributed by atoms with Crippen molar-refractivity contribution in [3.63, 3.8) is 0 Å². The van der Waals surface area contributed by atoms with Gasteiger partial charge in [-0.3, -0.25) is 4.79 Å². The lowest BCUT2D eigenvalue weighted by molar-refractivity contribution is -0.108. The van der Waals surface area contributed by atoms with E-state index in [1.807, 2.05) is 60.7 Å². The van der Waals surface area contributed by atoms with Crippen LogP contribution in [-0.2, 0) is 4.79 Å². The fourth-order valence-corrected chi connectivity index (χ4v) is 7.69. The van der Waals surface area contributed by atoms with Gasteiger partial charge in [-0.2, -0.15) is 0 Å². The van der Waals surface area contributed by atoms with E-state index in [0.29, 0.717) is 6.42 Å². The van der Waals surface area contributed by atoms with Gasteiger partial charge in [-0.1, -0.05) is 103 Å². The molecule has 0 aliphatic rings. The number of carbonyl (C=O) groups excluding carboxylic acids is 1. The molecule has 0 saturated heterocycles. The lowest BCUT2D eigenvalue weighted by Crippen LogP contribution is -2.72. The standard InChI is InChI=1S/C24H22OSi/c1-2-3-7-20-24(25)26(21-14-8-4-9-15-21,22-16-10-5-11-17-22)23-18-12-6-13-19-23/h2,4-20H,1,3H2/b20-7+. The molecule has 3 aromatic carbocycles. The third-order valence-electron chi connectivity index (χ3n) is 4.56. The maximum Gasteiger partial charge on any atom is 0.229 e. The molecule has 0 unspecified atom stereocenters. The molecule has 0 amide bonds. The molecule has 0 N–H and O–H groups in total. The van der Waals surface area contributed by atoms with Gasteiger partial charge in [0.1, 0.15) is 5.41 Å². The van der Waals surface area contributed by atoms with Crippen LogP contribution >= 0.6 is 0 Å². The molecule has 0 spiro atoms. The molecule has 3 aromatic rings. The van der Waals surface area contributed by atoms with Crippen LogP contribution in [-0.4, -0.2) is 13.5 Å². The molecule has 0 atom stereocenters. The number of benzene rings is 3. The third kappa shape index (κ3) is 3.37. The zero-order valence-electron chi connectivity index (χ0n) is 14.7. The SMILES string of the molecule is C=CC/C=C/C(=O)[Si](c1ccccc1)(c1ccccc1)c1ccccc1. The smallest absolute Gasteiger partial charge is 0.229 e. The van der Waals surface area contributed by atoms with Gasteiger partial charge in [0.15, 0.2) is 0 Å². The van der Waals surface area contributed by atoms with Crippen molar-refractivity contribution in [3.05, 3.63) is 116 Å². The largest absolute Gasteiger partial charge is 0.299 e. The van der Waals surface area contributed by atoms with Crippen LogP contribution in [0.1, 0.15) is 6.42 Å². The average molecular weight is 355 g/mol. The highest BCUT2D eigenvalue weighted by Crippen LogP contribution is 2.10. The van der Waals surface area contributed by atoms with Crippen molar-refractivity contribution in [2.45, 2.75) is 6.42 Å². The van der Waals surface area contributed by atoms with E-state index in [9.17, 15) is 4.79 Å². The van der Waals surface area contributed by atoms with Crippen LogP contribution in [0.25, 0.3) is 0 Å². The zero-order chi connectivity index (χ0) is 18.2. The molecular formula is C24H22OSi. The molecule has 0 radical (unpaired) electrons. The summed E-state index contributed by atoms with van der Waals surface area (Å²) in [7, 11) is -2.84. The van der Waals surface area contributed by atoms with Crippen molar-refractivity contribution in [3.8, 4) is 0 Å². The number of hydrogen-bond donors (Lipinski definition) is 0. The maximum absolute atomic E-state index is 13.7. The quantitative estimate of drug-likeness (QED) is 0.275. The summed E-state index contributed by atoms with van der Waals surface area (Å²) in [6, 6.07) is 30.6. The summed E-state index contributed by atoms with van der Waals surface area (Å²) >= 11 is 0. The van der Waals surface area contributed by atoms with Crippen LogP contribution in [0.15, 0.2) is 116 Å². The average Bonchev–Trinajstić information content (AvgIpc) is 2.71. The number of carbonyl (C=O) groups is 1. The van der Waals surface area contributed by atoms with E-state index in [1.165, 1.54) is 0 Å². The first-order valence-corrected chi connectivity index (χ1v) is 10.8. The minimum absolute atomic E-state index is 0.183. The second kappa shape index (κ2) is 8.41. The van der Waals surface area contributed by atoms with Crippen LogP contribution in [0.2, 0.25) is 0 Å². The summed E-state index contributed by atoms with van der Waals surface area (Å²) < 4.78 is 0. The summed E-state index contributed by atoms with van der Waals surface area (Å²) in [4.78, 5) is 13.7. The van der Waals surface area contributed by atoms with Crippen molar-refractivity contribution < 1.29 is 4.79 Å². The molecule has 0 fully saturated rings. The van der Waals surface area contributed by atoms with Gasteiger partial charge in [-0.05, 0) is 28.1 Å². The van der Waals surface area contributed by atoms with Gasteiger partial charge in [0.05, 0.1) is 0 Å². The van der Waals surface area contributed by atoms with Crippen LogP contribution in [0.5, 0.6) is 0 Å². The molecule has 3 rings (SSSR count). The summed E-state index contributed by atoms with van der Waals surface area (Å²) in [5.41, 5.74) is 0. The van der Waals surface area contributed by atoms with Crippen molar-refractivity contribution in [2.75, 3.05) is 0 Å². The predicted octanol–water partition coefficient (Wildman–Crippen LogP) is 3.40. The Bertz CT molecular complexity index is 787. The lowest BCUT2D eigenvalue weighted by atomic mass is 10.3. The molecule has 1 nitrogen and oxygen atoms in total. The van der Waals surface area contributed by atoms with E-state index < -0.39 is 8.07 Å². The first kappa shape index (κ1) is 17.8. The molecule has 0 aromatic heterocycles. The summed E-state index contributed by atoms with van der Waals surface area (Å²) in [6.07, 6.45) is 6.15. The van der Waals surface area contributed by atoms with Gasteiger partial charge in [0.2, 0.25) is 8.07 Å². The van der Waals surface area contributed by atoms with E-state index in [2.05, 4.69) is 43.0 Å². The van der Waals surface area contributed by atoms with Gasteiger partial charge in [-0.25, -0.2) is 0 Å². The van der Waals surface area contributed by atoms with E-state index in [0.717, 1.165) is 15.6 Å². The Morgan fingerprint density at radius 1 is 0.731 bits per heavy atom. The fraction of sp³-hybridized carbons (Fsp3) is 0.0417. The van der Waals surface area contributed by atoms with Crippen LogP contribution in [0.4, 0.5) is 0 Å². The first-order valence-electron chi connectivity index (χ1n) is 8.78. The van der Waals surface area contributed by atoms with Crippen LogP contribution in [0.3, 0.4) is 0 Å². The minimum Gasteiger partial charge on any atom is -0.299 e. The predicted molar refractivity (Wildman–Crippen MR) is 113 cm³/mol. The van der Waals surface area contributed by atoms with Gasteiger partial charge >= 0.3 is 0 Å². The van der Waals surface area contributed by atoms with Crippen molar-refractivity contribution in [2.24, 2.45) is 0 Å². The Balaban J connectivity index is 2.32. The molecule has 2 heteroatoms. The minimum atomic E-state index is -2.84. The van der Waals surface area contributed by atoms with E-state index in [4.69, 9.17) is 0 Å². The maximum atomic E-state index is 13.7. The van der Waals surface area contributed by atoms with Gasteiger partial charge < -0.3 is 0 Å². The highest BCUT2D eigenvalue weighted by Gasteiger charge is 2.45. The van der Waals surface area contributed by atoms with Gasteiger partial charge in [0, 0.05) is 0 Å². The first-order chi connectivity index (χ1) is 12.8. The Labute approximate surface area is 156 Å². The molecule has 0 bridgehead atoms. The highest BCUT2D eigenvalue weighted by atomic mass is 28.3. The molecular weight excluding hydrogens is 332 g/mol. The highest BCUT2D eigenvalue weighted by molar-refractivity contribution is 7.30. The van der Waals surface area contributed by atoms with Crippen molar-refractivity contribution >= 4 is 29.0 Å². The van der Waals surface area contributed by atoms with E-state index in [-0.39, 0.29) is 5.41 Å². The van der Waals surface area contributed by atoms with E-state index in [1.54, 1.807) is 12.2 Å². The zero-order valence-corrected chi connectivity index (χ0v) is 15.7. The Kier molecular flexibility index (Phi) is 5.77. The summed E-state index contributed by atoms with van der Waals surface area (Å²) in [5.74, 6) is 0. The number of allylic oxidation sites excluding steroid dienone is 3. The number of rotatable bonds is 7. The Morgan fingerprint density at radius 2 is 1.12 bits per heavy atom. The Morgan fingerprint density at radius 3 is 1.46 bits per heavy atom. The molecule has 128 valence electrons. The summed E-state index contributed by atoms with van der Waals surface area (Å²) in [6.45, 7) is 3.74. The third-order valence-corrected chi connectivity index (χ3v) is 9.07. The molecule has 26 heavy (non-hydrogen) atoms. The lowest BCUT2D eigenvalue weighted by Gasteiger charge is -2.31. The molecule has 0 aliphatic heterocycles. The molecule has 0 heterocycles. The van der Waals surface area contributed by atoms with Gasteiger partial charge in [0.25, 0.3) is 0 Å². The summed E-state index contributed by atoms with van der Waals surface area (Å²) in [5, 5.41) is 3.49. The monoisotopic (exact) mass is 354 g/mol.